The molecular formula is C11H10ClN3S. The predicted octanol–water partition coefficient (Wildman–Crippen LogP) is 3.00. The third kappa shape index (κ3) is 2.65. The lowest BCUT2D eigenvalue weighted by Gasteiger charge is -2.05. The van der Waals surface area contributed by atoms with Crippen molar-refractivity contribution in [3.8, 4) is 0 Å². The summed E-state index contributed by atoms with van der Waals surface area (Å²) in [4.78, 5) is 8.90. The minimum atomic E-state index is 0.683. The highest BCUT2D eigenvalue weighted by molar-refractivity contribution is 7.98. The van der Waals surface area contributed by atoms with Gasteiger partial charge in [-0.3, -0.25) is 9.97 Å². The van der Waals surface area contributed by atoms with E-state index in [4.69, 9.17) is 17.3 Å². The molecule has 0 aromatic carbocycles. The van der Waals surface area contributed by atoms with Crippen LogP contribution >= 0.6 is 23.4 Å². The molecule has 3 nitrogen and oxygen atoms in total. The van der Waals surface area contributed by atoms with Gasteiger partial charge in [-0.15, -0.1) is 11.8 Å². The van der Waals surface area contributed by atoms with Gasteiger partial charge in [0.1, 0.15) is 0 Å². The van der Waals surface area contributed by atoms with Crippen molar-refractivity contribution in [1.29, 1.82) is 0 Å². The number of thioether (sulfide) groups is 1. The number of nitrogen functional groups attached to an aromatic ring is 1. The van der Waals surface area contributed by atoms with Crippen molar-refractivity contribution in [3.05, 3.63) is 47.5 Å². The zero-order valence-corrected chi connectivity index (χ0v) is 10.0. The van der Waals surface area contributed by atoms with Gasteiger partial charge in [0.15, 0.2) is 0 Å². The number of hydrogen-bond donors (Lipinski definition) is 1. The van der Waals surface area contributed by atoms with E-state index in [9.17, 15) is 0 Å². The molecule has 0 radical (unpaired) electrons. The Morgan fingerprint density at radius 2 is 1.94 bits per heavy atom. The van der Waals surface area contributed by atoms with Crippen LogP contribution in [0.4, 0.5) is 5.69 Å². The molecule has 0 fully saturated rings. The van der Waals surface area contributed by atoms with Crippen LogP contribution in [0.1, 0.15) is 5.56 Å². The van der Waals surface area contributed by atoms with Gasteiger partial charge in [0.25, 0.3) is 0 Å². The second-order valence-corrected chi connectivity index (χ2v) is 4.59. The Labute approximate surface area is 103 Å². The van der Waals surface area contributed by atoms with Gasteiger partial charge in [0.05, 0.1) is 16.9 Å². The van der Waals surface area contributed by atoms with E-state index in [1.54, 1.807) is 36.5 Å². The lowest BCUT2D eigenvalue weighted by molar-refractivity contribution is 1.25. The van der Waals surface area contributed by atoms with E-state index in [0.29, 0.717) is 10.7 Å². The first-order chi connectivity index (χ1) is 7.77. The molecule has 5 heteroatoms. The molecule has 0 aliphatic carbocycles. The molecular weight excluding hydrogens is 242 g/mol. The first-order valence-electron chi connectivity index (χ1n) is 4.68. The summed E-state index contributed by atoms with van der Waals surface area (Å²) in [7, 11) is 0. The van der Waals surface area contributed by atoms with Gasteiger partial charge in [0.2, 0.25) is 0 Å². The molecule has 2 heterocycles. The molecule has 0 aliphatic rings. The topological polar surface area (TPSA) is 51.8 Å². The van der Waals surface area contributed by atoms with Gasteiger partial charge in [0, 0.05) is 29.2 Å². The van der Waals surface area contributed by atoms with Crippen LogP contribution in [0.2, 0.25) is 5.02 Å². The van der Waals surface area contributed by atoms with Gasteiger partial charge in [-0.05, 0) is 17.7 Å². The van der Waals surface area contributed by atoms with E-state index in [-0.39, 0.29) is 0 Å². The molecule has 0 amide bonds. The Kier molecular flexibility index (Phi) is 3.64. The summed E-state index contributed by atoms with van der Waals surface area (Å²) < 4.78 is 0. The number of halogens is 1. The molecule has 0 atom stereocenters. The van der Waals surface area contributed by atoms with E-state index >= 15 is 0 Å². The summed E-state index contributed by atoms with van der Waals surface area (Å²) in [5.74, 6) is 0.773. The minimum absolute atomic E-state index is 0.683. The fraction of sp³-hybridized carbons (Fsp3) is 0.0909. The second kappa shape index (κ2) is 5.18. The molecule has 2 rings (SSSR count). The monoisotopic (exact) mass is 251 g/mol. The van der Waals surface area contributed by atoms with Crippen LogP contribution in [0.25, 0.3) is 0 Å². The Hall–Kier alpha value is -1.26. The summed E-state index contributed by atoms with van der Waals surface area (Å²) in [5.41, 5.74) is 7.54. The molecule has 2 aromatic heterocycles. The van der Waals surface area contributed by atoms with Gasteiger partial charge < -0.3 is 5.73 Å². The zero-order chi connectivity index (χ0) is 11.4. The first-order valence-corrected chi connectivity index (χ1v) is 6.04. The third-order valence-corrected chi connectivity index (χ3v) is 3.53. The van der Waals surface area contributed by atoms with Crippen molar-refractivity contribution < 1.29 is 0 Å². The molecule has 0 unspecified atom stereocenters. The summed E-state index contributed by atoms with van der Waals surface area (Å²) in [6, 6.07) is 3.81. The number of nitrogens with zero attached hydrogens (tertiary/aromatic N) is 2. The van der Waals surface area contributed by atoms with Crippen molar-refractivity contribution >= 4 is 29.1 Å². The van der Waals surface area contributed by atoms with Gasteiger partial charge in [-0.2, -0.15) is 0 Å². The molecule has 0 spiro atoms. The van der Waals surface area contributed by atoms with Crippen LogP contribution in [-0.4, -0.2) is 9.97 Å². The lowest BCUT2D eigenvalue weighted by atomic mass is 10.3. The van der Waals surface area contributed by atoms with E-state index in [0.717, 1.165) is 16.2 Å². The third-order valence-electron chi connectivity index (χ3n) is 2.05. The fourth-order valence-electron chi connectivity index (χ4n) is 1.20. The summed E-state index contributed by atoms with van der Waals surface area (Å²) in [6.45, 7) is 0. The van der Waals surface area contributed by atoms with E-state index < -0.39 is 0 Å². The molecule has 2 N–H and O–H groups in total. The van der Waals surface area contributed by atoms with Crippen LogP contribution in [-0.2, 0) is 5.75 Å². The maximum atomic E-state index is 6.01. The van der Waals surface area contributed by atoms with E-state index in [2.05, 4.69) is 9.97 Å². The summed E-state index contributed by atoms with van der Waals surface area (Å²) >= 11 is 7.65. The smallest absolute Gasteiger partial charge is 0.0638 e. The summed E-state index contributed by atoms with van der Waals surface area (Å²) in [5, 5.41) is 0.683. The first kappa shape index (κ1) is 11.2. The van der Waals surface area contributed by atoms with Crippen LogP contribution in [0, 0.1) is 0 Å². The fourth-order valence-corrected chi connectivity index (χ4v) is 2.41. The van der Waals surface area contributed by atoms with Crippen LogP contribution in [0.5, 0.6) is 0 Å². The Morgan fingerprint density at radius 1 is 1.19 bits per heavy atom. The summed E-state index contributed by atoms with van der Waals surface area (Å²) in [6.07, 6.45) is 6.76. The predicted molar refractivity (Wildman–Crippen MR) is 67.5 cm³/mol. The minimum Gasteiger partial charge on any atom is -0.397 e. The second-order valence-electron chi connectivity index (χ2n) is 3.17. The highest BCUT2D eigenvalue weighted by atomic mass is 35.5. The van der Waals surface area contributed by atoms with Crippen LogP contribution in [0.15, 0.2) is 41.8 Å². The maximum Gasteiger partial charge on any atom is 0.0638 e. The zero-order valence-electron chi connectivity index (χ0n) is 8.43. The Balaban J connectivity index is 2.09. The lowest BCUT2D eigenvalue weighted by Crippen LogP contribution is -1.90. The van der Waals surface area contributed by atoms with E-state index in [1.807, 2.05) is 12.1 Å². The van der Waals surface area contributed by atoms with Crippen LogP contribution in [0.3, 0.4) is 0 Å². The normalized spacial score (nSPS) is 10.3. The molecule has 0 saturated heterocycles. The van der Waals surface area contributed by atoms with Crippen molar-refractivity contribution in [3.63, 3.8) is 0 Å². The van der Waals surface area contributed by atoms with Crippen molar-refractivity contribution in [2.45, 2.75) is 10.6 Å². The number of aromatic nitrogens is 2. The van der Waals surface area contributed by atoms with E-state index in [1.165, 1.54) is 0 Å². The van der Waals surface area contributed by atoms with Gasteiger partial charge in [-0.1, -0.05) is 11.6 Å². The highest BCUT2D eigenvalue weighted by Gasteiger charge is 2.03. The van der Waals surface area contributed by atoms with Crippen molar-refractivity contribution in [2.75, 3.05) is 5.73 Å². The number of pyridine rings is 2. The van der Waals surface area contributed by atoms with Crippen molar-refractivity contribution in [2.24, 2.45) is 0 Å². The van der Waals surface area contributed by atoms with Crippen molar-refractivity contribution in [1.82, 2.24) is 9.97 Å². The average molecular weight is 252 g/mol. The van der Waals surface area contributed by atoms with Gasteiger partial charge >= 0.3 is 0 Å². The Morgan fingerprint density at radius 3 is 2.69 bits per heavy atom. The number of anilines is 1. The molecule has 2 aromatic rings. The molecule has 0 aliphatic heterocycles. The quantitative estimate of drug-likeness (QED) is 0.852. The molecule has 0 saturated carbocycles. The largest absolute Gasteiger partial charge is 0.397 e. The SMILES string of the molecule is Nc1cnccc1SCc1ccncc1Cl. The molecule has 16 heavy (non-hydrogen) atoms. The molecule has 82 valence electrons. The highest BCUT2D eigenvalue weighted by Crippen LogP contribution is 2.29. The van der Waals surface area contributed by atoms with Crippen LogP contribution < -0.4 is 5.73 Å². The Bertz CT molecular complexity index is 445. The average Bonchev–Trinajstić information content (AvgIpc) is 2.30. The standard InChI is InChI=1S/C11H10ClN3S/c12-9-5-14-3-1-8(9)7-16-11-2-4-15-6-10(11)13/h1-6H,7,13H2. The number of nitrogens with two attached hydrogens (primary N) is 1. The number of rotatable bonds is 3. The maximum absolute atomic E-state index is 6.01. The van der Waals surface area contributed by atoms with Gasteiger partial charge in [-0.25, -0.2) is 0 Å². The number of hydrogen-bond acceptors (Lipinski definition) is 4. The molecule has 0 bridgehead atoms.